The number of ether oxygens (including phenoxy) is 3. The van der Waals surface area contributed by atoms with Gasteiger partial charge in [-0.25, -0.2) is 13.6 Å². The van der Waals surface area contributed by atoms with Crippen LogP contribution in [-0.4, -0.2) is 60.0 Å². The van der Waals surface area contributed by atoms with Gasteiger partial charge in [-0.05, 0) is 36.4 Å². The number of benzene rings is 2. The maximum absolute atomic E-state index is 14.3. The molecule has 1 atom stereocenters. The fraction of sp³-hybridized carbons (Fsp3) is 0.250. The van der Waals surface area contributed by atoms with Crippen molar-refractivity contribution in [3.05, 3.63) is 82.3 Å². The normalized spacial score (nSPS) is 13.4. The summed E-state index contributed by atoms with van der Waals surface area (Å²) in [6.07, 6.45) is 0. The van der Waals surface area contributed by atoms with Gasteiger partial charge in [0.15, 0.2) is 17.3 Å². The first-order valence-corrected chi connectivity index (χ1v) is 13.3. The van der Waals surface area contributed by atoms with Gasteiger partial charge in [-0.2, -0.15) is 0 Å². The van der Waals surface area contributed by atoms with Gasteiger partial charge >= 0.3 is 0 Å². The third-order valence-electron chi connectivity index (χ3n) is 5.49. The second-order valence-electron chi connectivity index (χ2n) is 7.74. The quantitative estimate of drug-likeness (QED) is 0.362. The summed E-state index contributed by atoms with van der Waals surface area (Å²) < 4.78 is 42.7. The highest BCUT2D eigenvalue weighted by Gasteiger charge is 2.28. The minimum Gasteiger partial charge on any atom is -0.494 e. The Morgan fingerprint density at radius 3 is 2.44 bits per heavy atom. The zero-order valence-corrected chi connectivity index (χ0v) is 22.8. The van der Waals surface area contributed by atoms with Crippen LogP contribution in [0.4, 0.5) is 4.39 Å². The van der Waals surface area contributed by atoms with Gasteiger partial charge in [0.25, 0.3) is 5.91 Å². The lowest BCUT2D eigenvalue weighted by atomic mass is 10.0. The van der Waals surface area contributed by atoms with E-state index in [0.717, 1.165) is 0 Å². The van der Waals surface area contributed by atoms with Crippen LogP contribution in [0.1, 0.15) is 46.0 Å². The molecule has 1 aliphatic rings. The van der Waals surface area contributed by atoms with E-state index in [1.54, 1.807) is 6.07 Å². The van der Waals surface area contributed by atoms with Gasteiger partial charge in [-0.15, -0.1) is 0 Å². The molecular weight excluding hydrogens is 527 g/mol. The summed E-state index contributed by atoms with van der Waals surface area (Å²) in [7, 11) is 1.13. The summed E-state index contributed by atoms with van der Waals surface area (Å²) in [5.41, 5.74) is 1.31. The van der Waals surface area contributed by atoms with Gasteiger partial charge < -0.3 is 24.6 Å². The second-order valence-corrected chi connectivity index (χ2v) is 8.98. The molecule has 3 aromatic rings. The molecule has 0 radical (unpaired) electrons. The van der Waals surface area contributed by atoms with E-state index in [0.29, 0.717) is 28.4 Å². The van der Waals surface area contributed by atoms with Crippen molar-refractivity contribution in [1.82, 2.24) is 10.3 Å². The number of carbonyl (C=O) groups is 2. The number of halogens is 1. The first kappa shape index (κ1) is 29.5. The minimum absolute atomic E-state index is 0.0398. The average molecular weight is 557 g/mol. The first-order valence-electron chi connectivity index (χ1n) is 12.1. The topological polar surface area (TPSA) is 124 Å². The number of aromatic nitrogens is 1. The van der Waals surface area contributed by atoms with Gasteiger partial charge in [-0.1, -0.05) is 26.0 Å². The molecule has 11 heteroatoms. The van der Waals surface area contributed by atoms with Gasteiger partial charge in [0, 0.05) is 22.1 Å². The van der Waals surface area contributed by atoms with Crippen LogP contribution < -0.4 is 19.5 Å². The van der Waals surface area contributed by atoms with E-state index < -0.39 is 28.3 Å². The number of ketones is 1. The van der Waals surface area contributed by atoms with Crippen molar-refractivity contribution in [1.29, 1.82) is 0 Å². The molecule has 1 amide bonds. The number of rotatable bonds is 10. The van der Waals surface area contributed by atoms with Gasteiger partial charge in [0.1, 0.15) is 29.6 Å². The standard InChI is InChI=1S/C26H23FN2O7S.C2H6/c1-34-22-9-7-19(29-24(22)17-14-37(33)25-16(17)4-3-5-18(25)27)20(31)13-28-26(32)15-6-8-21(36-11-10-30)23(12-15)35-2;1-2/h3-9,12,14,30H,10-11,13H2,1-2H3,(H,28,32);1-2H3. The van der Waals surface area contributed by atoms with E-state index in [2.05, 4.69) is 10.3 Å². The molecule has 0 spiro atoms. The molecule has 0 bridgehead atoms. The number of aliphatic hydroxyl groups is 1. The molecule has 4 rings (SSSR count). The number of amides is 1. The Kier molecular flexibility index (Phi) is 10.3. The molecule has 0 fully saturated rings. The lowest BCUT2D eigenvalue weighted by Gasteiger charge is -2.12. The average Bonchev–Trinajstić information content (AvgIpc) is 3.32. The number of hydrogen-bond acceptors (Lipinski definition) is 8. The largest absolute Gasteiger partial charge is 0.494 e. The fourth-order valence-electron chi connectivity index (χ4n) is 3.73. The van der Waals surface area contributed by atoms with Crippen LogP contribution in [-0.2, 0) is 10.8 Å². The van der Waals surface area contributed by atoms with E-state index in [9.17, 15) is 18.2 Å². The van der Waals surface area contributed by atoms with E-state index in [1.165, 1.54) is 62.1 Å². The summed E-state index contributed by atoms with van der Waals surface area (Å²) in [4.78, 5) is 30.0. The van der Waals surface area contributed by atoms with Crippen molar-refractivity contribution in [2.75, 3.05) is 34.0 Å². The number of carbonyl (C=O) groups excluding carboxylic acids is 2. The maximum atomic E-state index is 14.3. The highest BCUT2D eigenvalue weighted by molar-refractivity contribution is 7.88. The molecule has 1 unspecified atom stereocenters. The zero-order chi connectivity index (χ0) is 28.5. The number of Topliss-reactive ketones (excluding diaryl/α,β-unsaturated/α-hetero) is 1. The molecule has 9 nitrogen and oxygen atoms in total. The van der Waals surface area contributed by atoms with E-state index in [-0.39, 0.29) is 41.6 Å². The van der Waals surface area contributed by atoms with Crippen LogP contribution in [0, 0.1) is 5.82 Å². The number of fused-ring (bicyclic) bond motifs is 1. The van der Waals surface area contributed by atoms with Crippen molar-refractivity contribution < 1.29 is 37.5 Å². The van der Waals surface area contributed by atoms with Crippen LogP contribution in [0.15, 0.2) is 58.8 Å². The van der Waals surface area contributed by atoms with Crippen LogP contribution in [0.2, 0.25) is 0 Å². The Hall–Kier alpha value is -4.09. The Balaban J connectivity index is 0.00000205. The van der Waals surface area contributed by atoms with Gasteiger partial charge in [0.2, 0.25) is 0 Å². The van der Waals surface area contributed by atoms with E-state index in [4.69, 9.17) is 19.3 Å². The van der Waals surface area contributed by atoms with Gasteiger partial charge in [0.05, 0.1) is 43.1 Å². The lowest BCUT2D eigenvalue weighted by Crippen LogP contribution is -2.30. The fourth-order valence-corrected chi connectivity index (χ4v) is 4.96. The SMILES string of the molecule is CC.COc1cc(C(=O)NCC(=O)c2ccc(OC)c(C3=CS(=O)c4c(F)cccc43)n2)ccc1OCCO. The minimum atomic E-state index is -1.71. The highest BCUT2D eigenvalue weighted by atomic mass is 32.2. The third-order valence-corrected chi connectivity index (χ3v) is 6.75. The van der Waals surface area contributed by atoms with Crippen molar-refractivity contribution in [2.24, 2.45) is 0 Å². The Bertz CT molecular complexity index is 1430. The molecule has 1 aromatic heterocycles. The first-order chi connectivity index (χ1) is 18.9. The number of nitrogens with zero attached hydrogens (tertiary/aromatic N) is 1. The van der Waals surface area contributed by atoms with Crippen LogP contribution in [0.25, 0.3) is 5.57 Å². The molecule has 2 heterocycles. The Labute approximate surface area is 228 Å². The van der Waals surface area contributed by atoms with Crippen molar-refractivity contribution in [2.45, 2.75) is 18.7 Å². The number of aliphatic hydroxyl groups excluding tert-OH is 1. The maximum Gasteiger partial charge on any atom is 0.251 e. The lowest BCUT2D eigenvalue weighted by molar-refractivity contribution is 0.0902. The molecule has 0 saturated carbocycles. The Morgan fingerprint density at radius 2 is 1.74 bits per heavy atom. The molecule has 1 aliphatic heterocycles. The molecular formula is C28H29FN2O7S. The summed E-state index contributed by atoms with van der Waals surface area (Å²) >= 11 is 0. The van der Waals surface area contributed by atoms with Gasteiger partial charge in [-0.3, -0.25) is 9.59 Å². The summed E-state index contributed by atoms with van der Waals surface area (Å²) in [6.45, 7) is 3.55. The molecule has 206 valence electrons. The van der Waals surface area contributed by atoms with Crippen molar-refractivity contribution in [3.63, 3.8) is 0 Å². The van der Waals surface area contributed by atoms with Crippen LogP contribution in [0.5, 0.6) is 17.2 Å². The summed E-state index contributed by atoms with van der Waals surface area (Å²) in [5, 5.41) is 12.8. The summed E-state index contributed by atoms with van der Waals surface area (Å²) in [5.74, 6) is -0.619. The molecule has 39 heavy (non-hydrogen) atoms. The molecule has 2 aromatic carbocycles. The predicted molar refractivity (Wildman–Crippen MR) is 144 cm³/mol. The molecule has 0 saturated heterocycles. The molecule has 2 N–H and O–H groups in total. The number of hydrogen-bond donors (Lipinski definition) is 2. The highest BCUT2D eigenvalue weighted by Crippen LogP contribution is 2.39. The monoisotopic (exact) mass is 556 g/mol. The predicted octanol–water partition coefficient (Wildman–Crippen LogP) is 3.76. The Morgan fingerprint density at radius 1 is 1.03 bits per heavy atom. The van der Waals surface area contributed by atoms with E-state index >= 15 is 0 Å². The third kappa shape index (κ3) is 6.50. The molecule has 0 aliphatic carbocycles. The summed E-state index contributed by atoms with van der Waals surface area (Å²) in [6, 6.07) is 11.8. The second kappa shape index (κ2) is 13.6. The zero-order valence-electron chi connectivity index (χ0n) is 21.9. The number of nitrogens with one attached hydrogen (secondary N) is 1. The van der Waals surface area contributed by atoms with Crippen LogP contribution in [0.3, 0.4) is 0 Å². The van der Waals surface area contributed by atoms with E-state index in [1.807, 2.05) is 13.8 Å². The number of pyridine rings is 1. The van der Waals surface area contributed by atoms with Crippen LogP contribution >= 0.6 is 0 Å². The number of methoxy groups -OCH3 is 2. The smallest absolute Gasteiger partial charge is 0.251 e. The van der Waals surface area contributed by atoms with Crippen molar-refractivity contribution in [3.8, 4) is 17.2 Å². The van der Waals surface area contributed by atoms with Crippen molar-refractivity contribution >= 4 is 28.1 Å².